The molecule has 0 aromatic rings. The van der Waals surface area contributed by atoms with Gasteiger partial charge < -0.3 is 61.6 Å². The number of rotatable bonds is 44. The maximum Gasteiger partial charge on any atom is 0.0701 e. The number of halogens is 2. The number of hydrogen-bond donors (Lipinski definition) is 0. The van der Waals surface area contributed by atoms with Crippen LogP contribution in [0.1, 0.15) is 25.7 Å². The minimum Gasteiger partial charge on any atom is -0.379 e. The van der Waals surface area contributed by atoms with Crippen molar-refractivity contribution >= 4 is 27.5 Å². The van der Waals surface area contributed by atoms with Crippen LogP contribution in [0.4, 0.5) is 0 Å². The summed E-state index contributed by atoms with van der Waals surface area (Å²) < 4.78 is 71.0. The second-order valence-electron chi connectivity index (χ2n) is 9.75. The third kappa shape index (κ3) is 46.2. The summed E-state index contributed by atoms with van der Waals surface area (Å²) in [5.41, 5.74) is 0. The smallest absolute Gasteiger partial charge is 0.0701 e. The fourth-order valence-electron chi connectivity index (χ4n) is 3.45. The lowest BCUT2D eigenvalue weighted by molar-refractivity contribution is -0.0289. The van der Waals surface area contributed by atoms with Crippen LogP contribution in [0.25, 0.3) is 0 Å². The number of unbranched alkanes of at least 4 members (excludes halogenated alkanes) is 3. The number of hydrogen-bond acceptors (Lipinski definition) is 13. The maximum atomic E-state index is 5.65. The van der Waals surface area contributed by atoms with Gasteiger partial charge in [0.05, 0.1) is 165 Å². The van der Waals surface area contributed by atoms with Crippen molar-refractivity contribution in [3.8, 4) is 0 Å². The zero-order chi connectivity index (χ0) is 33.8. The van der Waals surface area contributed by atoms with Gasteiger partial charge in [-0.25, -0.2) is 0 Å². The highest BCUT2D eigenvalue weighted by Gasteiger charge is 1.97. The molecule has 0 aromatic heterocycles. The van der Waals surface area contributed by atoms with Crippen LogP contribution in [0.5, 0.6) is 0 Å². The molecular formula is C32H64BrClO13. The van der Waals surface area contributed by atoms with Crippen LogP contribution >= 0.6 is 27.5 Å². The Balaban J connectivity index is 3.03. The molecule has 0 atom stereocenters. The highest BCUT2D eigenvalue weighted by Crippen LogP contribution is 2.01. The zero-order valence-corrected chi connectivity index (χ0v) is 31.0. The van der Waals surface area contributed by atoms with Gasteiger partial charge in [-0.3, -0.25) is 0 Å². The first-order valence-electron chi connectivity index (χ1n) is 17.0. The van der Waals surface area contributed by atoms with Crippen LogP contribution in [0.15, 0.2) is 0 Å². The molecule has 0 spiro atoms. The lowest BCUT2D eigenvalue weighted by Crippen LogP contribution is -2.15. The van der Waals surface area contributed by atoms with Crippen LogP contribution in [0, 0.1) is 0 Å². The minimum atomic E-state index is 0.512. The van der Waals surface area contributed by atoms with Crippen molar-refractivity contribution in [2.75, 3.05) is 183 Å². The highest BCUT2D eigenvalue weighted by molar-refractivity contribution is 9.09. The Hall–Kier alpha value is 0.250. The number of ether oxygens (including phenoxy) is 13. The Morgan fingerprint density at radius 3 is 0.638 bits per heavy atom. The molecule has 0 radical (unpaired) electrons. The van der Waals surface area contributed by atoms with E-state index in [1.165, 1.54) is 12.8 Å². The Bertz CT molecular complexity index is 503. The standard InChI is InChI=1S/C32H64BrClO13/c33-5-8-36-10-12-38-14-16-40-18-20-42-22-24-44-26-28-46-30-32-47-31-29-45-27-25-43-23-21-41-19-17-39-15-13-37-11-9-35-7-4-2-1-3-6-34/h1-32H2. The summed E-state index contributed by atoms with van der Waals surface area (Å²) >= 11 is 8.95. The fourth-order valence-corrected chi connectivity index (χ4v) is 3.87. The first-order chi connectivity index (χ1) is 23.4. The predicted molar refractivity (Wildman–Crippen MR) is 184 cm³/mol. The predicted octanol–water partition coefficient (Wildman–Crippen LogP) is 3.40. The normalized spacial score (nSPS) is 11.6. The van der Waals surface area contributed by atoms with Crippen molar-refractivity contribution in [2.24, 2.45) is 0 Å². The molecule has 0 saturated carbocycles. The summed E-state index contributed by atoms with van der Waals surface area (Å²) in [5, 5.41) is 0.837. The lowest BCUT2D eigenvalue weighted by Gasteiger charge is -2.09. The molecule has 47 heavy (non-hydrogen) atoms. The van der Waals surface area contributed by atoms with Gasteiger partial charge in [0.2, 0.25) is 0 Å². The van der Waals surface area contributed by atoms with E-state index in [4.69, 9.17) is 73.2 Å². The molecule has 0 aliphatic carbocycles. The lowest BCUT2D eigenvalue weighted by atomic mass is 10.2. The molecule has 0 saturated heterocycles. The first kappa shape index (κ1) is 47.2. The molecule has 0 aromatic carbocycles. The highest BCUT2D eigenvalue weighted by atomic mass is 79.9. The molecule has 0 amide bonds. The third-order valence-corrected chi connectivity index (χ3v) is 6.45. The van der Waals surface area contributed by atoms with E-state index in [1.54, 1.807) is 0 Å². The summed E-state index contributed by atoms with van der Waals surface area (Å²) in [6, 6.07) is 0. The van der Waals surface area contributed by atoms with Crippen LogP contribution < -0.4 is 0 Å². The molecule has 13 nitrogen and oxygen atoms in total. The van der Waals surface area contributed by atoms with Gasteiger partial charge >= 0.3 is 0 Å². The minimum absolute atomic E-state index is 0.512. The van der Waals surface area contributed by atoms with Gasteiger partial charge in [0.15, 0.2) is 0 Å². The summed E-state index contributed by atoms with van der Waals surface area (Å²) in [5.74, 6) is 0.743. The Kier molecular flexibility index (Phi) is 46.5. The van der Waals surface area contributed by atoms with Crippen molar-refractivity contribution in [1.82, 2.24) is 0 Å². The van der Waals surface area contributed by atoms with Crippen molar-refractivity contribution in [1.29, 1.82) is 0 Å². The topological polar surface area (TPSA) is 120 Å². The van der Waals surface area contributed by atoms with Crippen molar-refractivity contribution in [3.63, 3.8) is 0 Å². The second-order valence-corrected chi connectivity index (χ2v) is 10.9. The van der Waals surface area contributed by atoms with E-state index < -0.39 is 0 Å². The SMILES string of the molecule is ClCCCCCCOCCOCCOCCOCCOCCOCCOCCOCCOCCOCCOCCOCCOCCBr. The third-order valence-electron chi connectivity index (χ3n) is 5.86. The average molecular weight is 772 g/mol. The summed E-state index contributed by atoms with van der Waals surface area (Å²) in [6.07, 6.45) is 4.50. The van der Waals surface area contributed by atoms with Crippen LogP contribution in [0.2, 0.25) is 0 Å². The van der Waals surface area contributed by atoms with Gasteiger partial charge in [-0.2, -0.15) is 0 Å². The van der Waals surface area contributed by atoms with Gasteiger partial charge in [0.25, 0.3) is 0 Å². The van der Waals surface area contributed by atoms with E-state index in [-0.39, 0.29) is 0 Å². The maximum absolute atomic E-state index is 5.65. The van der Waals surface area contributed by atoms with Crippen LogP contribution in [0.3, 0.4) is 0 Å². The van der Waals surface area contributed by atoms with Gasteiger partial charge in [0, 0.05) is 17.8 Å². The van der Waals surface area contributed by atoms with E-state index in [1.807, 2.05) is 0 Å². The van der Waals surface area contributed by atoms with E-state index in [0.29, 0.717) is 165 Å². The molecular weight excluding hydrogens is 708 g/mol. The molecule has 0 heterocycles. The van der Waals surface area contributed by atoms with Gasteiger partial charge in [-0.15, -0.1) is 11.6 Å². The zero-order valence-electron chi connectivity index (χ0n) is 28.7. The summed E-state index contributed by atoms with van der Waals surface area (Å²) in [4.78, 5) is 0. The average Bonchev–Trinajstić information content (AvgIpc) is 3.08. The summed E-state index contributed by atoms with van der Waals surface area (Å²) in [7, 11) is 0. The van der Waals surface area contributed by atoms with E-state index in [2.05, 4.69) is 15.9 Å². The van der Waals surface area contributed by atoms with E-state index in [0.717, 1.165) is 30.7 Å². The van der Waals surface area contributed by atoms with Gasteiger partial charge in [-0.05, 0) is 12.8 Å². The largest absolute Gasteiger partial charge is 0.379 e. The van der Waals surface area contributed by atoms with E-state index in [9.17, 15) is 0 Å². The molecule has 0 bridgehead atoms. The second kappa shape index (κ2) is 46.2. The van der Waals surface area contributed by atoms with E-state index >= 15 is 0 Å². The molecule has 15 heteroatoms. The summed E-state index contributed by atoms with van der Waals surface area (Å²) in [6.45, 7) is 14.4. The molecule has 0 N–H and O–H groups in total. The first-order valence-corrected chi connectivity index (χ1v) is 18.7. The van der Waals surface area contributed by atoms with Crippen molar-refractivity contribution in [3.05, 3.63) is 0 Å². The van der Waals surface area contributed by atoms with Gasteiger partial charge in [0.1, 0.15) is 0 Å². The monoisotopic (exact) mass is 770 g/mol. The van der Waals surface area contributed by atoms with Gasteiger partial charge in [-0.1, -0.05) is 28.8 Å². The van der Waals surface area contributed by atoms with Crippen molar-refractivity contribution in [2.45, 2.75) is 25.7 Å². The molecule has 0 aliphatic heterocycles. The molecule has 0 rings (SSSR count). The number of alkyl halides is 2. The van der Waals surface area contributed by atoms with Crippen molar-refractivity contribution < 1.29 is 61.6 Å². The molecule has 0 unspecified atom stereocenters. The Morgan fingerprint density at radius 1 is 0.234 bits per heavy atom. The molecule has 0 aliphatic rings. The Labute approximate surface area is 297 Å². The quantitative estimate of drug-likeness (QED) is 0.0666. The molecule has 0 fully saturated rings. The van der Waals surface area contributed by atoms with Crippen LogP contribution in [-0.2, 0) is 61.6 Å². The Morgan fingerprint density at radius 2 is 0.426 bits per heavy atom. The van der Waals surface area contributed by atoms with Crippen LogP contribution in [-0.4, -0.2) is 183 Å². The molecule has 284 valence electrons. The fraction of sp³-hybridized carbons (Fsp3) is 1.00.